The predicted octanol–water partition coefficient (Wildman–Crippen LogP) is 11.3. The van der Waals surface area contributed by atoms with Crippen LogP contribution in [-0.2, 0) is 0 Å². The maximum absolute atomic E-state index is 4.95. The second kappa shape index (κ2) is 10.2. The van der Waals surface area contributed by atoms with Crippen molar-refractivity contribution in [2.24, 2.45) is 0 Å². The van der Waals surface area contributed by atoms with Crippen LogP contribution in [0.25, 0.3) is 85.6 Å². The maximum Gasteiger partial charge on any atom is 0.164 e. The van der Waals surface area contributed by atoms with Crippen LogP contribution < -0.4 is 0 Å². The quantitative estimate of drug-likeness (QED) is 0.203. The first-order valence-electron chi connectivity index (χ1n) is 14.5. The number of fused-ring (bicyclic) bond motifs is 6. The first kappa shape index (κ1) is 25.3. The lowest BCUT2D eigenvalue weighted by Gasteiger charge is -2.08. The van der Waals surface area contributed by atoms with Crippen molar-refractivity contribution in [2.45, 2.75) is 0 Å². The standard InChI is InChI=1S/C39H23N3S2/c1-3-10-24(11-4-1)37-40-38(25-12-5-2-6-13-25)42-39(41-37)27-18-20-29-31-22-26(19-21-33(31)44-35(29)23-27)28-15-9-17-34-36(28)30-14-7-8-16-32(30)43-34/h1-23H. The van der Waals surface area contributed by atoms with Crippen molar-refractivity contribution in [1.82, 2.24) is 15.0 Å². The average molecular weight is 598 g/mol. The molecule has 3 nitrogen and oxygen atoms in total. The molecule has 0 bridgehead atoms. The largest absolute Gasteiger partial charge is 0.208 e. The Kier molecular flexibility index (Phi) is 5.86. The molecule has 0 aliphatic heterocycles. The molecule has 206 valence electrons. The smallest absolute Gasteiger partial charge is 0.164 e. The van der Waals surface area contributed by atoms with Gasteiger partial charge in [0.25, 0.3) is 0 Å². The van der Waals surface area contributed by atoms with Crippen molar-refractivity contribution in [3.05, 3.63) is 140 Å². The third-order valence-electron chi connectivity index (χ3n) is 8.14. The van der Waals surface area contributed by atoms with Gasteiger partial charge in [0.15, 0.2) is 17.5 Å². The van der Waals surface area contributed by atoms with Gasteiger partial charge in [0, 0.05) is 57.0 Å². The number of hydrogen-bond donors (Lipinski definition) is 0. The van der Waals surface area contributed by atoms with E-state index in [1.54, 1.807) is 0 Å². The Morgan fingerprint density at radius 2 is 0.932 bits per heavy atom. The van der Waals surface area contributed by atoms with Crippen LogP contribution in [0.4, 0.5) is 0 Å². The third kappa shape index (κ3) is 4.21. The molecule has 44 heavy (non-hydrogen) atoms. The van der Waals surface area contributed by atoms with Crippen molar-refractivity contribution in [3.8, 4) is 45.3 Å². The van der Waals surface area contributed by atoms with Crippen LogP contribution in [0.5, 0.6) is 0 Å². The van der Waals surface area contributed by atoms with Gasteiger partial charge in [0.05, 0.1) is 0 Å². The minimum Gasteiger partial charge on any atom is -0.208 e. The summed E-state index contributed by atoms with van der Waals surface area (Å²) in [6.45, 7) is 0. The summed E-state index contributed by atoms with van der Waals surface area (Å²) in [5.74, 6) is 2.02. The van der Waals surface area contributed by atoms with Crippen LogP contribution in [0.2, 0.25) is 0 Å². The fourth-order valence-electron chi connectivity index (χ4n) is 6.04. The molecule has 0 unspecified atom stereocenters. The zero-order valence-corrected chi connectivity index (χ0v) is 25.1. The number of hydrogen-bond acceptors (Lipinski definition) is 5. The summed E-state index contributed by atoms with van der Waals surface area (Å²) in [5, 5.41) is 5.19. The van der Waals surface area contributed by atoms with Crippen molar-refractivity contribution < 1.29 is 0 Å². The molecule has 0 radical (unpaired) electrons. The second-order valence-corrected chi connectivity index (χ2v) is 13.0. The summed E-state index contributed by atoms with van der Waals surface area (Å²) in [6.07, 6.45) is 0. The molecule has 0 aliphatic carbocycles. The van der Waals surface area contributed by atoms with Crippen molar-refractivity contribution in [1.29, 1.82) is 0 Å². The first-order valence-corrected chi connectivity index (χ1v) is 16.2. The van der Waals surface area contributed by atoms with E-state index in [0.717, 1.165) is 16.7 Å². The Bertz CT molecular complexity index is 2440. The summed E-state index contributed by atoms with van der Waals surface area (Å²) in [4.78, 5) is 14.7. The van der Waals surface area contributed by atoms with E-state index in [1.807, 2.05) is 83.3 Å². The van der Waals surface area contributed by atoms with Gasteiger partial charge in [-0.1, -0.05) is 109 Å². The number of nitrogens with zero attached hydrogens (tertiary/aromatic N) is 3. The Hall–Kier alpha value is -5.23. The number of thiophene rings is 2. The zero-order valence-electron chi connectivity index (χ0n) is 23.4. The van der Waals surface area contributed by atoms with Gasteiger partial charge >= 0.3 is 0 Å². The normalized spacial score (nSPS) is 11.6. The summed E-state index contributed by atoms with van der Waals surface area (Å²) in [6, 6.07) is 49.1. The Morgan fingerprint density at radius 3 is 1.68 bits per heavy atom. The fraction of sp³-hybridized carbons (Fsp3) is 0. The molecule has 9 aromatic rings. The molecule has 9 rings (SSSR count). The van der Waals surface area contributed by atoms with Gasteiger partial charge in [0.2, 0.25) is 0 Å². The van der Waals surface area contributed by atoms with Crippen LogP contribution in [0.3, 0.4) is 0 Å². The van der Waals surface area contributed by atoms with Gasteiger partial charge in [-0.25, -0.2) is 15.0 Å². The molecule has 6 aromatic carbocycles. The zero-order chi connectivity index (χ0) is 29.0. The van der Waals surface area contributed by atoms with E-state index < -0.39 is 0 Å². The van der Waals surface area contributed by atoms with Crippen LogP contribution in [0.15, 0.2) is 140 Å². The lowest BCUT2D eigenvalue weighted by Crippen LogP contribution is -1.99. The van der Waals surface area contributed by atoms with Gasteiger partial charge in [0.1, 0.15) is 0 Å². The molecule has 3 heterocycles. The van der Waals surface area contributed by atoms with Crippen LogP contribution >= 0.6 is 22.7 Å². The topological polar surface area (TPSA) is 38.7 Å². The number of rotatable bonds is 4. The summed E-state index contributed by atoms with van der Waals surface area (Å²) < 4.78 is 5.14. The molecular formula is C39H23N3S2. The van der Waals surface area contributed by atoms with Crippen LogP contribution in [0, 0.1) is 0 Å². The maximum atomic E-state index is 4.95. The fourth-order valence-corrected chi connectivity index (χ4v) is 8.29. The summed E-state index contributed by atoms with van der Waals surface area (Å²) >= 11 is 3.68. The van der Waals surface area contributed by atoms with Gasteiger partial charge in [-0.05, 0) is 41.5 Å². The molecule has 0 atom stereocenters. The molecule has 0 spiro atoms. The molecule has 5 heteroatoms. The molecule has 0 N–H and O–H groups in total. The highest BCUT2D eigenvalue weighted by Crippen LogP contribution is 2.43. The minimum absolute atomic E-state index is 0.672. The van der Waals surface area contributed by atoms with Gasteiger partial charge in [-0.15, -0.1) is 22.7 Å². The first-order chi connectivity index (χ1) is 21.8. The molecule has 0 fully saturated rings. The van der Waals surface area contributed by atoms with E-state index in [1.165, 1.54) is 51.5 Å². The summed E-state index contributed by atoms with van der Waals surface area (Å²) in [5.41, 5.74) is 5.45. The lowest BCUT2D eigenvalue weighted by molar-refractivity contribution is 1.07. The average Bonchev–Trinajstić information content (AvgIpc) is 3.66. The van der Waals surface area contributed by atoms with Crippen molar-refractivity contribution >= 4 is 63.0 Å². The van der Waals surface area contributed by atoms with E-state index in [0.29, 0.717) is 17.5 Å². The van der Waals surface area contributed by atoms with Crippen molar-refractivity contribution in [2.75, 3.05) is 0 Å². The highest BCUT2D eigenvalue weighted by Gasteiger charge is 2.15. The molecule has 0 saturated heterocycles. The van der Waals surface area contributed by atoms with Gasteiger partial charge in [-0.3, -0.25) is 0 Å². The molecule has 0 aliphatic rings. The Balaban J connectivity index is 1.19. The Labute approximate surface area is 261 Å². The number of benzene rings is 6. The highest BCUT2D eigenvalue weighted by molar-refractivity contribution is 7.26. The second-order valence-electron chi connectivity index (χ2n) is 10.8. The van der Waals surface area contributed by atoms with Crippen molar-refractivity contribution in [3.63, 3.8) is 0 Å². The van der Waals surface area contributed by atoms with E-state index in [-0.39, 0.29) is 0 Å². The number of aromatic nitrogens is 3. The third-order valence-corrected chi connectivity index (χ3v) is 10.4. The minimum atomic E-state index is 0.672. The molecule has 3 aromatic heterocycles. The summed E-state index contributed by atoms with van der Waals surface area (Å²) in [7, 11) is 0. The Morgan fingerprint density at radius 1 is 0.341 bits per heavy atom. The molecule has 0 saturated carbocycles. The van der Waals surface area contributed by atoms with Crippen LogP contribution in [0.1, 0.15) is 0 Å². The predicted molar refractivity (Wildman–Crippen MR) is 187 cm³/mol. The van der Waals surface area contributed by atoms with E-state index >= 15 is 0 Å². The molecular weight excluding hydrogens is 575 g/mol. The molecule has 0 amide bonds. The van der Waals surface area contributed by atoms with E-state index in [9.17, 15) is 0 Å². The SMILES string of the molecule is c1ccc(-c2nc(-c3ccccc3)nc(-c3ccc4c(c3)sc3ccc(-c5cccc6sc7ccccc7c56)cc34)n2)cc1. The monoisotopic (exact) mass is 597 g/mol. The van der Waals surface area contributed by atoms with E-state index in [4.69, 9.17) is 15.0 Å². The highest BCUT2D eigenvalue weighted by atomic mass is 32.1. The van der Waals surface area contributed by atoms with Gasteiger partial charge < -0.3 is 0 Å². The van der Waals surface area contributed by atoms with Gasteiger partial charge in [-0.2, -0.15) is 0 Å². The van der Waals surface area contributed by atoms with Crippen LogP contribution in [-0.4, -0.2) is 15.0 Å². The van der Waals surface area contributed by atoms with E-state index in [2.05, 4.69) is 78.9 Å². The lowest BCUT2D eigenvalue weighted by atomic mass is 9.98.